The average molecular weight is 536 g/mol. The average Bonchev–Trinajstić information content (AvgIpc) is 3.23. The zero-order chi connectivity index (χ0) is 24.3. The lowest BCUT2D eigenvalue weighted by Gasteiger charge is -2.34. The fourth-order valence-electron chi connectivity index (χ4n) is 3.99. The second-order valence-electron chi connectivity index (χ2n) is 8.57. The summed E-state index contributed by atoms with van der Waals surface area (Å²) < 4.78 is 70.0. The van der Waals surface area contributed by atoms with Crippen molar-refractivity contribution in [3.63, 3.8) is 0 Å². The highest BCUT2D eigenvalue weighted by Gasteiger charge is 2.46. The fourth-order valence-corrected chi connectivity index (χ4v) is 6.40. The number of nitrogens with zero attached hydrogens (tertiary/aromatic N) is 5. The predicted octanol–water partition coefficient (Wildman–Crippen LogP) is 3.02. The monoisotopic (exact) mass is 535 g/mol. The van der Waals surface area contributed by atoms with Crippen molar-refractivity contribution in [2.75, 3.05) is 31.2 Å². The lowest BCUT2D eigenvalue weighted by Crippen LogP contribution is -2.49. The van der Waals surface area contributed by atoms with Crippen LogP contribution in [-0.2, 0) is 10.0 Å². The molecule has 1 aliphatic heterocycles. The van der Waals surface area contributed by atoms with Gasteiger partial charge in [0.25, 0.3) is 6.43 Å². The summed E-state index contributed by atoms with van der Waals surface area (Å²) in [4.78, 5) is 6.18. The molecular formula is C19H21ClF3N7O2S2. The topological polar surface area (TPSA) is 105 Å². The number of piperazine rings is 1. The number of sulfonamides is 1. The number of aromatic nitrogens is 4. The minimum absolute atomic E-state index is 0.0711. The molecule has 1 aliphatic carbocycles. The Kier molecular flexibility index (Phi) is 5.99. The molecule has 0 spiro atoms. The van der Waals surface area contributed by atoms with Crippen LogP contribution in [0.1, 0.15) is 31.2 Å². The van der Waals surface area contributed by atoms with Gasteiger partial charge in [-0.2, -0.15) is 0 Å². The minimum atomic E-state index is -4.11. The molecule has 2 N–H and O–H groups in total. The summed E-state index contributed by atoms with van der Waals surface area (Å²) in [5, 5.41) is 10.3. The molecule has 0 bridgehead atoms. The Morgan fingerprint density at radius 1 is 1.38 bits per heavy atom. The van der Waals surface area contributed by atoms with E-state index in [0.29, 0.717) is 55.0 Å². The largest absolute Gasteiger partial charge is 0.367 e. The number of alkyl halides is 3. The number of fused-ring (bicyclic) bond motifs is 1. The van der Waals surface area contributed by atoms with E-state index in [1.165, 1.54) is 16.7 Å². The summed E-state index contributed by atoms with van der Waals surface area (Å²) >= 11 is 7.13. The molecule has 34 heavy (non-hydrogen) atoms. The standard InChI is InChI=1S/C19H21ClF3N7O2S2/c1-10-7-29(5-4-24-10)12-6-11(34(31,32)28-19(9-21)2-3-19)8-30-13(12)14(20)25-16(30)18-27-26-17(33-18)15(22)23/h6,8,10,15,24,28H,2-5,7,9H2,1H3/t10-/m1/s1. The molecule has 9 nitrogen and oxygen atoms in total. The Morgan fingerprint density at radius 2 is 2.15 bits per heavy atom. The minimum Gasteiger partial charge on any atom is -0.367 e. The van der Waals surface area contributed by atoms with Crippen molar-refractivity contribution < 1.29 is 21.6 Å². The third-order valence-electron chi connectivity index (χ3n) is 5.95. The van der Waals surface area contributed by atoms with E-state index < -0.39 is 33.7 Å². The summed E-state index contributed by atoms with van der Waals surface area (Å²) in [6, 6.07) is 1.62. The summed E-state index contributed by atoms with van der Waals surface area (Å²) in [6.45, 7) is 3.02. The molecule has 0 aromatic carbocycles. The van der Waals surface area contributed by atoms with Gasteiger partial charge >= 0.3 is 0 Å². The number of anilines is 1. The maximum absolute atomic E-state index is 13.5. The lowest BCUT2D eigenvalue weighted by atomic mass is 10.2. The van der Waals surface area contributed by atoms with Crippen LogP contribution in [0.4, 0.5) is 18.9 Å². The molecule has 5 rings (SSSR count). The zero-order valence-corrected chi connectivity index (χ0v) is 20.3. The normalized spacial score (nSPS) is 20.4. The van der Waals surface area contributed by atoms with E-state index in [9.17, 15) is 21.6 Å². The third kappa shape index (κ3) is 4.26. The summed E-state index contributed by atoms with van der Waals surface area (Å²) in [7, 11) is -4.11. The molecule has 1 atom stereocenters. The highest BCUT2D eigenvalue weighted by molar-refractivity contribution is 7.89. The number of pyridine rings is 1. The van der Waals surface area contributed by atoms with E-state index in [1.807, 2.05) is 11.8 Å². The quantitative estimate of drug-likeness (QED) is 0.479. The van der Waals surface area contributed by atoms with Crippen molar-refractivity contribution in [1.82, 2.24) is 29.6 Å². The van der Waals surface area contributed by atoms with E-state index in [4.69, 9.17) is 11.6 Å². The van der Waals surface area contributed by atoms with Gasteiger partial charge in [0.2, 0.25) is 10.0 Å². The molecule has 0 radical (unpaired) electrons. The van der Waals surface area contributed by atoms with Gasteiger partial charge in [0, 0.05) is 31.9 Å². The van der Waals surface area contributed by atoms with Crippen LogP contribution >= 0.6 is 22.9 Å². The number of hydrogen-bond donors (Lipinski definition) is 2. The maximum Gasteiger partial charge on any atom is 0.291 e. The molecule has 2 aliphatic rings. The zero-order valence-electron chi connectivity index (χ0n) is 17.9. The Bertz CT molecular complexity index is 1340. The SMILES string of the molecule is C[C@@H]1CN(c2cc(S(=O)(=O)NC3(CF)CC3)cn3c(-c4nnc(C(F)F)s4)nc(Cl)c23)CCN1. The van der Waals surface area contributed by atoms with Crippen LogP contribution in [0.15, 0.2) is 17.2 Å². The van der Waals surface area contributed by atoms with Crippen LogP contribution in [0.25, 0.3) is 16.3 Å². The number of nitrogens with one attached hydrogen (secondary N) is 2. The number of rotatable bonds is 7. The van der Waals surface area contributed by atoms with E-state index in [-0.39, 0.29) is 26.9 Å². The van der Waals surface area contributed by atoms with Crippen LogP contribution in [0.5, 0.6) is 0 Å². The first-order valence-corrected chi connectivity index (χ1v) is 13.2. The molecule has 15 heteroatoms. The number of imidazole rings is 1. The summed E-state index contributed by atoms with van der Waals surface area (Å²) in [6.07, 6.45) is -0.674. The highest BCUT2D eigenvalue weighted by Crippen LogP contribution is 2.39. The first-order valence-electron chi connectivity index (χ1n) is 10.5. The van der Waals surface area contributed by atoms with Crippen molar-refractivity contribution in [2.24, 2.45) is 0 Å². The first kappa shape index (κ1) is 23.7. The Hall–Kier alpha value is -2.00. The molecule has 4 heterocycles. The smallest absolute Gasteiger partial charge is 0.291 e. The Labute approximate surface area is 202 Å². The molecule has 3 aromatic rings. The van der Waals surface area contributed by atoms with Crippen molar-refractivity contribution in [3.05, 3.63) is 22.4 Å². The molecule has 0 amide bonds. The molecular weight excluding hydrogens is 515 g/mol. The molecule has 0 unspecified atom stereocenters. The van der Waals surface area contributed by atoms with Crippen LogP contribution in [-0.4, -0.2) is 65.9 Å². The van der Waals surface area contributed by atoms with Gasteiger partial charge in [-0.25, -0.2) is 31.3 Å². The van der Waals surface area contributed by atoms with Crippen molar-refractivity contribution in [1.29, 1.82) is 0 Å². The molecule has 1 saturated heterocycles. The van der Waals surface area contributed by atoms with Gasteiger partial charge in [-0.05, 0) is 25.8 Å². The van der Waals surface area contributed by atoms with Gasteiger partial charge in [0.1, 0.15) is 17.1 Å². The van der Waals surface area contributed by atoms with E-state index >= 15 is 0 Å². The van der Waals surface area contributed by atoms with Gasteiger partial charge < -0.3 is 10.2 Å². The van der Waals surface area contributed by atoms with Crippen LogP contribution in [0.3, 0.4) is 0 Å². The summed E-state index contributed by atoms with van der Waals surface area (Å²) in [5.74, 6) is 0.0949. The van der Waals surface area contributed by atoms with E-state index in [0.717, 1.165) is 0 Å². The maximum atomic E-state index is 13.5. The van der Waals surface area contributed by atoms with Crippen LogP contribution in [0.2, 0.25) is 5.15 Å². The lowest BCUT2D eigenvalue weighted by molar-refractivity contribution is 0.150. The highest BCUT2D eigenvalue weighted by atomic mass is 35.5. The molecule has 2 fully saturated rings. The van der Waals surface area contributed by atoms with E-state index in [1.54, 1.807) is 0 Å². The Morgan fingerprint density at radius 3 is 2.76 bits per heavy atom. The van der Waals surface area contributed by atoms with Gasteiger partial charge in [0.05, 0.1) is 11.2 Å². The van der Waals surface area contributed by atoms with Crippen molar-refractivity contribution >= 4 is 44.2 Å². The number of hydrogen-bond acceptors (Lipinski definition) is 8. The van der Waals surface area contributed by atoms with Crippen LogP contribution in [0, 0.1) is 0 Å². The number of halogens is 4. The second-order valence-corrected chi connectivity index (χ2v) is 11.6. The predicted molar refractivity (Wildman–Crippen MR) is 122 cm³/mol. The molecule has 184 valence electrons. The van der Waals surface area contributed by atoms with Crippen molar-refractivity contribution in [2.45, 2.75) is 42.7 Å². The van der Waals surface area contributed by atoms with E-state index in [2.05, 4.69) is 25.2 Å². The third-order valence-corrected chi connectivity index (χ3v) is 8.68. The van der Waals surface area contributed by atoms with Crippen LogP contribution < -0.4 is 14.9 Å². The second kappa shape index (κ2) is 8.59. The molecule has 3 aromatic heterocycles. The summed E-state index contributed by atoms with van der Waals surface area (Å²) in [5.41, 5.74) is -0.146. The van der Waals surface area contributed by atoms with Gasteiger partial charge in [-0.15, -0.1) is 10.2 Å². The molecule has 1 saturated carbocycles. The van der Waals surface area contributed by atoms with Gasteiger partial charge in [-0.3, -0.25) is 4.40 Å². The van der Waals surface area contributed by atoms with Gasteiger partial charge in [-0.1, -0.05) is 22.9 Å². The van der Waals surface area contributed by atoms with Gasteiger partial charge in [0.15, 0.2) is 21.0 Å². The van der Waals surface area contributed by atoms with Crippen molar-refractivity contribution in [3.8, 4) is 10.8 Å². The fraction of sp³-hybridized carbons (Fsp3) is 0.526. The first-order chi connectivity index (χ1) is 16.1. The Balaban J connectivity index is 1.69.